The number of benzene rings is 1. The lowest BCUT2D eigenvalue weighted by Gasteiger charge is -2.35. The van der Waals surface area contributed by atoms with Crippen molar-refractivity contribution >= 4 is 26.0 Å². The van der Waals surface area contributed by atoms with Gasteiger partial charge in [0.1, 0.15) is 0 Å². The van der Waals surface area contributed by atoms with Crippen LogP contribution in [0.1, 0.15) is 26.7 Å². The third-order valence-electron chi connectivity index (χ3n) is 3.48. The minimum absolute atomic E-state index is 0.0812. The van der Waals surface area contributed by atoms with E-state index in [0.717, 1.165) is 17.3 Å². The second-order valence-electron chi connectivity index (χ2n) is 5.05. The topological polar surface area (TPSA) is 37.4 Å². The predicted molar refractivity (Wildman–Crippen MR) is 75.9 cm³/mol. The molecule has 1 aliphatic rings. The molecule has 1 aliphatic heterocycles. The van der Waals surface area contributed by atoms with Gasteiger partial charge in [0.25, 0.3) is 0 Å². The molecule has 1 aromatic rings. The van der Waals surface area contributed by atoms with E-state index in [1.165, 1.54) is 0 Å². The molecule has 0 N–H and O–H groups in total. The number of halogens is 1. The van der Waals surface area contributed by atoms with Gasteiger partial charge in [0, 0.05) is 17.1 Å². The highest BCUT2D eigenvalue weighted by molar-refractivity contribution is 9.10. The smallest absolute Gasteiger partial charge is 0.207 e. The zero-order valence-corrected chi connectivity index (χ0v) is 13.0. The van der Waals surface area contributed by atoms with Crippen molar-refractivity contribution in [1.82, 2.24) is 4.31 Å². The van der Waals surface area contributed by atoms with Gasteiger partial charge in [0.05, 0.1) is 4.90 Å². The first-order valence-electron chi connectivity index (χ1n) is 6.18. The molecule has 0 radical (unpaired) electrons. The molecule has 18 heavy (non-hydrogen) atoms. The van der Waals surface area contributed by atoms with Crippen molar-refractivity contribution in [1.29, 1.82) is 0 Å². The van der Waals surface area contributed by atoms with Gasteiger partial charge >= 0.3 is 0 Å². The van der Waals surface area contributed by atoms with E-state index in [1.54, 1.807) is 22.5 Å². The van der Waals surface area contributed by atoms with Gasteiger partial charge in [-0.05, 0) is 43.9 Å². The van der Waals surface area contributed by atoms with Gasteiger partial charge < -0.3 is 0 Å². The molecule has 3 nitrogen and oxygen atoms in total. The van der Waals surface area contributed by atoms with Crippen LogP contribution in [0.5, 0.6) is 0 Å². The molecule has 1 aromatic carbocycles. The summed E-state index contributed by atoms with van der Waals surface area (Å²) in [5.41, 5.74) is 0. The molecule has 0 spiro atoms. The monoisotopic (exact) mass is 331 g/mol. The lowest BCUT2D eigenvalue weighted by Crippen LogP contribution is -2.44. The van der Waals surface area contributed by atoms with E-state index < -0.39 is 10.0 Å². The summed E-state index contributed by atoms with van der Waals surface area (Å²) in [6.07, 6.45) is 1.88. The van der Waals surface area contributed by atoms with Gasteiger partial charge in [-0.15, -0.1) is 0 Å². The number of hydrogen-bond acceptors (Lipinski definition) is 2. The maximum Gasteiger partial charge on any atom is 0.243 e. The molecule has 0 aliphatic carbocycles. The first kappa shape index (κ1) is 14.0. The zero-order chi connectivity index (χ0) is 13.3. The Balaban J connectivity index is 2.31. The molecule has 0 aromatic heterocycles. The Labute approximate surface area is 117 Å². The van der Waals surface area contributed by atoms with E-state index in [1.807, 2.05) is 13.0 Å². The van der Waals surface area contributed by atoms with Crippen LogP contribution in [0.3, 0.4) is 0 Å². The van der Waals surface area contributed by atoms with Crippen molar-refractivity contribution in [3.63, 3.8) is 0 Å². The second-order valence-corrected chi connectivity index (χ2v) is 7.86. The minimum atomic E-state index is -3.35. The van der Waals surface area contributed by atoms with E-state index in [2.05, 4.69) is 22.9 Å². The predicted octanol–water partition coefficient (Wildman–Crippen LogP) is 3.26. The molecule has 2 rings (SSSR count). The second kappa shape index (κ2) is 5.31. The number of nitrogens with zero attached hydrogens (tertiary/aromatic N) is 1. The summed E-state index contributed by atoms with van der Waals surface area (Å²) in [6, 6.07) is 7.00. The van der Waals surface area contributed by atoms with Crippen molar-refractivity contribution in [2.45, 2.75) is 37.6 Å². The Morgan fingerprint density at radius 1 is 1.33 bits per heavy atom. The SMILES string of the molecule is CC1CCN(S(=O)(=O)c2cccc(Br)c2)C(C)C1. The molecule has 2 unspecified atom stereocenters. The molecule has 100 valence electrons. The summed E-state index contributed by atoms with van der Waals surface area (Å²) < 4.78 is 27.6. The summed E-state index contributed by atoms with van der Waals surface area (Å²) >= 11 is 3.32. The minimum Gasteiger partial charge on any atom is -0.207 e. The molecule has 5 heteroatoms. The Morgan fingerprint density at radius 3 is 2.67 bits per heavy atom. The van der Waals surface area contributed by atoms with Crippen molar-refractivity contribution in [3.8, 4) is 0 Å². The quantitative estimate of drug-likeness (QED) is 0.834. The van der Waals surface area contributed by atoms with Crippen molar-refractivity contribution in [2.75, 3.05) is 6.54 Å². The van der Waals surface area contributed by atoms with Gasteiger partial charge in [-0.25, -0.2) is 8.42 Å². The number of hydrogen-bond donors (Lipinski definition) is 0. The van der Waals surface area contributed by atoms with Gasteiger partial charge in [-0.3, -0.25) is 0 Å². The number of piperidine rings is 1. The first-order chi connectivity index (χ1) is 8.41. The van der Waals surface area contributed by atoms with Gasteiger partial charge in [-0.1, -0.05) is 28.9 Å². The van der Waals surface area contributed by atoms with Crippen LogP contribution >= 0.6 is 15.9 Å². The molecular formula is C13H18BrNO2S. The van der Waals surface area contributed by atoms with Crippen LogP contribution < -0.4 is 0 Å². The van der Waals surface area contributed by atoms with Crippen LogP contribution in [-0.4, -0.2) is 25.3 Å². The fourth-order valence-corrected chi connectivity index (χ4v) is 4.76. The van der Waals surface area contributed by atoms with E-state index in [9.17, 15) is 8.42 Å². The zero-order valence-electron chi connectivity index (χ0n) is 10.6. The van der Waals surface area contributed by atoms with Crippen molar-refractivity contribution in [2.24, 2.45) is 5.92 Å². The third-order valence-corrected chi connectivity index (χ3v) is 5.98. The Hall–Kier alpha value is -0.390. The van der Waals surface area contributed by atoms with E-state index in [4.69, 9.17) is 0 Å². The van der Waals surface area contributed by atoms with Crippen LogP contribution in [0.15, 0.2) is 33.6 Å². The summed E-state index contributed by atoms with van der Waals surface area (Å²) in [7, 11) is -3.35. The molecule has 1 fully saturated rings. The van der Waals surface area contributed by atoms with Crippen LogP contribution in [0.4, 0.5) is 0 Å². The molecule has 1 heterocycles. The maximum absolute atomic E-state index is 12.6. The summed E-state index contributed by atoms with van der Waals surface area (Å²) in [6.45, 7) is 4.79. The Kier molecular flexibility index (Phi) is 4.14. The van der Waals surface area contributed by atoms with Gasteiger partial charge in [0.2, 0.25) is 10.0 Å². The molecule has 0 bridgehead atoms. The van der Waals surface area contributed by atoms with E-state index in [0.29, 0.717) is 17.4 Å². The first-order valence-corrected chi connectivity index (χ1v) is 8.42. The molecule has 1 saturated heterocycles. The summed E-state index contributed by atoms with van der Waals surface area (Å²) in [5, 5.41) is 0. The lowest BCUT2D eigenvalue weighted by molar-refractivity contribution is 0.220. The summed E-state index contributed by atoms with van der Waals surface area (Å²) in [5.74, 6) is 0.606. The summed E-state index contributed by atoms with van der Waals surface area (Å²) in [4.78, 5) is 0.373. The fraction of sp³-hybridized carbons (Fsp3) is 0.538. The Morgan fingerprint density at radius 2 is 2.06 bits per heavy atom. The van der Waals surface area contributed by atoms with Crippen LogP contribution in [-0.2, 0) is 10.0 Å². The average Bonchev–Trinajstić information content (AvgIpc) is 2.28. The number of rotatable bonds is 2. The third kappa shape index (κ3) is 2.78. The average molecular weight is 332 g/mol. The fourth-order valence-electron chi connectivity index (χ4n) is 2.51. The van der Waals surface area contributed by atoms with Crippen LogP contribution in [0.25, 0.3) is 0 Å². The normalized spacial score (nSPS) is 26.2. The Bertz CT molecular complexity index is 530. The highest BCUT2D eigenvalue weighted by atomic mass is 79.9. The van der Waals surface area contributed by atoms with Crippen LogP contribution in [0, 0.1) is 5.92 Å². The lowest BCUT2D eigenvalue weighted by atomic mass is 9.95. The molecule has 0 amide bonds. The molecule has 2 atom stereocenters. The highest BCUT2D eigenvalue weighted by Gasteiger charge is 2.33. The maximum atomic E-state index is 12.6. The van der Waals surface area contributed by atoms with E-state index in [-0.39, 0.29) is 6.04 Å². The van der Waals surface area contributed by atoms with Crippen molar-refractivity contribution < 1.29 is 8.42 Å². The molecule has 0 saturated carbocycles. The largest absolute Gasteiger partial charge is 0.243 e. The van der Waals surface area contributed by atoms with Gasteiger partial charge in [0.15, 0.2) is 0 Å². The standard InChI is InChI=1S/C13H18BrNO2S/c1-10-6-7-15(11(2)8-10)18(16,17)13-5-3-4-12(14)9-13/h3-5,9-11H,6-8H2,1-2H3. The molecular weight excluding hydrogens is 314 g/mol. The van der Waals surface area contributed by atoms with E-state index >= 15 is 0 Å². The van der Waals surface area contributed by atoms with Crippen LogP contribution in [0.2, 0.25) is 0 Å². The van der Waals surface area contributed by atoms with Crippen molar-refractivity contribution in [3.05, 3.63) is 28.7 Å². The van der Waals surface area contributed by atoms with Gasteiger partial charge in [-0.2, -0.15) is 4.31 Å². The highest BCUT2D eigenvalue weighted by Crippen LogP contribution is 2.28. The number of sulfonamides is 1.